The van der Waals surface area contributed by atoms with Crippen LogP contribution in [0.3, 0.4) is 0 Å². The first-order valence-electron chi connectivity index (χ1n) is 10.7. The van der Waals surface area contributed by atoms with Gasteiger partial charge in [0.2, 0.25) is 0 Å². The van der Waals surface area contributed by atoms with E-state index in [4.69, 9.17) is 0 Å². The number of amides is 3. The van der Waals surface area contributed by atoms with Crippen LogP contribution in [0.2, 0.25) is 0 Å². The first kappa shape index (κ1) is 24.4. The Morgan fingerprint density at radius 3 is 1.88 bits per heavy atom. The maximum Gasteiger partial charge on any atom is 0.269 e. The minimum Gasteiger partial charge on any atom is -0.322 e. The number of hydrogen-bond donors (Lipinski definition) is 3. The van der Waals surface area contributed by atoms with Crippen LogP contribution in [0.25, 0.3) is 6.08 Å². The second-order valence-corrected chi connectivity index (χ2v) is 8.69. The molecule has 3 aromatic carbocycles. The summed E-state index contributed by atoms with van der Waals surface area (Å²) in [5.41, 5.74) is 7.74. The third-order valence-corrected chi connectivity index (χ3v) is 5.01. The molecule has 0 spiro atoms. The van der Waals surface area contributed by atoms with Gasteiger partial charge in [-0.1, -0.05) is 45.0 Å². The molecule has 0 atom stereocenters. The maximum atomic E-state index is 12.9. The number of hydrogen-bond acceptors (Lipinski definition) is 3. The van der Waals surface area contributed by atoms with Crippen molar-refractivity contribution < 1.29 is 18.8 Å². The van der Waals surface area contributed by atoms with Gasteiger partial charge < -0.3 is 5.32 Å². The average Bonchev–Trinajstić information content (AvgIpc) is 2.82. The summed E-state index contributed by atoms with van der Waals surface area (Å²) in [7, 11) is 0. The van der Waals surface area contributed by atoms with Crippen molar-refractivity contribution in [3.05, 3.63) is 107 Å². The molecular weight excluding hydrogens is 433 g/mol. The Balaban J connectivity index is 1.51. The molecule has 7 heteroatoms. The van der Waals surface area contributed by atoms with E-state index >= 15 is 0 Å². The monoisotopic (exact) mass is 459 g/mol. The van der Waals surface area contributed by atoms with Crippen molar-refractivity contribution in [1.82, 2.24) is 10.9 Å². The van der Waals surface area contributed by atoms with Gasteiger partial charge in [-0.05, 0) is 71.1 Å². The molecule has 0 aliphatic heterocycles. The molecule has 0 aliphatic carbocycles. The number of benzene rings is 3. The summed E-state index contributed by atoms with van der Waals surface area (Å²) in [5.74, 6) is -1.68. The topological polar surface area (TPSA) is 87.3 Å². The van der Waals surface area contributed by atoms with Gasteiger partial charge in [0.05, 0.1) is 0 Å². The first-order valence-corrected chi connectivity index (χ1v) is 10.7. The SMILES string of the molecule is CC(C)(C)c1ccc(C(=O)Nc2ccc(C(=O)NNC(=O)C=Cc3ccc(F)cc3)cc2)cc1. The molecule has 0 saturated carbocycles. The number of rotatable bonds is 5. The molecular formula is C27H26FN3O3. The van der Waals surface area contributed by atoms with Crippen LogP contribution >= 0.6 is 0 Å². The molecule has 0 fully saturated rings. The van der Waals surface area contributed by atoms with Crippen LogP contribution in [0.1, 0.15) is 52.6 Å². The third kappa shape index (κ3) is 6.87. The summed E-state index contributed by atoms with van der Waals surface area (Å²) >= 11 is 0. The normalized spacial score (nSPS) is 11.2. The van der Waals surface area contributed by atoms with Crippen molar-refractivity contribution in [2.24, 2.45) is 0 Å². The summed E-state index contributed by atoms with van der Waals surface area (Å²) in [4.78, 5) is 36.6. The van der Waals surface area contributed by atoms with Crippen LogP contribution in [0.4, 0.5) is 10.1 Å². The highest BCUT2D eigenvalue weighted by Gasteiger charge is 2.14. The van der Waals surface area contributed by atoms with Crippen LogP contribution in [0, 0.1) is 5.82 Å². The van der Waals surface area contributed by atoms with Gasteiger partial charge in [0.15, 0.2) is 0 Å². The van der Waals surface area contributed by atoms with E-state index in [-0.39, 0.29) is 17.1 Å². The minimum atomic E-state index is -0.543. The minimum absolute atomic E-state index is 0.00374. The lowest BCUT2D eigenvalue weighted by atomic mass is 9.87. The standard InChI is InChI=1S/C27H26FN3O3/c1-27(2,3)21-11-7-19(8-12-21)25(33)29-23-15-9-20(10-16-23)26(34)31-30-24(32)17-6-18-4-13-22(28)14-5-18/h4-17H,1-3H3,(H,29,33)(H,30,32)(H,31,34). The van der Waals surface area contributed by atoms with Crippen molar-refractivity contribution >= 4 is 29.5 Å². The van der Waals surface area contributed by atoms with Crippen molar-refractivity contribution in [1.29, 1.82) is 0 Å². The van der Waals surface area contributed by atoms with Crippen LogP contribution < -0.4 is 16.2 Å². The molecule has 0 aromatic heterocycles. The zero-order valence-corrected chi connectivity index (χ0v) is 19.2. The van der Waals surface area contributed by atoms with Crippen LogP contribution in [-0.2, 0) is 10.2 Å². The fraction of sp³-hybridized carbons (Fsp3) is 0.148. The van der Waals surface area contributed by atoms with E-state index in [0.29, 0.717) is 22.4 Å². The quantitative estimate of drug-likeness (QED) is 0.377. The van der Waals surface area contributed by atoms with E-state index < -0.39 is 11.8 Å². The summed E-state index contributed by atoms with van der Waals surface area (Å²) in [5, 5.41) is 2.80. The zero-order valence-electron chi connectivity index (χ0n) is 19.2. The number of carbonyl (C=O) groups is 3. The average molecular weight is 460 g/mol. The highest BCUT2D eigenvalue weighted by atomic mass is 19.1. The highest BCUT2D eigenvalue weighted by Crippen LogP contribution is 2.22. The van der Waals surface area contributed by atoms with E-state index in [2.05, 4.69) is 36.9 Å². The number of nitrogens with one attached hydrogen (secondary N) is 3. The second kappa shape index (κ2) is 10.6. The van der Waals surface area contributed by atoms with Gasteiger partial charge >= 0.3 is 0 Å². The van der Waals surface area contributed by atoms with E-state index in [1.54, 1.807) is 24.3 Å². The summed E-state index contributed by atoms with van der Waals surface area (Å²) < 4.78 is 12.9. The van der Waals surface area contributed by atoms with Crippen LogP contribution in [0.5, 0.6) is 0 Å². The number of halogens is 1. The van der Waals surface area contributed by atoms with Crippen molar-refractivity contribution in [2.45, 2.75) is 26.2 Å². The molecule has 34 heavy (non-hydrogen) atoms. The summed E-state index contributed by atoms with van der Waals surface area (Å²) in [6.45, 7) is 6.32. The Labute approximate surface area is 197 Å². The van der Waals surface area contributed by atoms with Crippen molar-refractivity contribution in [3.8, 4) is 0 Å². The highest BCUT2D eigenvalue weighted by molar-refractivity contribution is 6.04. The number of hydrazine groups is 1. The predicted octanol–water partition coefficient (Wildman–Crippen LogP) is 4.85. The van der Waals surface area contributed by atoms with Gasteiger partial charge in [-0.15, -0.1) is 0 Å². The molecule has 0 bridgehead atoms. The fourth-order valence-electron chi connectivity index (χ4n) is 3.01. The second-order valence-electron chi connectivity index (χ2n) is 8.69. The Morgan fingerprint density at radius 1 is 0.735 bits per heavy atom. The lowest BCUT2D eigenvalue weighted by Crippen LogP contribution is -2.40. The molecule has 0 unspecified atom stereocenters. The summed E-state index contributed by atoms with van der Waals surface area (Å²) in [6, 6.07) is 19.3. The van der Waals surface area contributed by atoms with E-state index in [9.17, 15) is 18.8 Å². The van der Waals surface area contributed by atoms with Gasteiger partial charge in [0, 0.05) is 22.9 Å². The van der Waals surface area contributed by atoms with Crippen molar-refractivity contribution in [2.75, 3.05) is 5.32 Å². The molecule has 0 radical (unpaired) electrons. The van der Waals surface area contributed by atoms with Crippen LogP contribution in [-0.4, -0.2) is 17.7 Å². The molecule has 3 N–H and O–H groups in total. The fourth-order valence-corrected chi connectivity index (χ4v) is 3.01. The Kier molecular flexibility index (Phi) is 7.58. The number of carbonyl (C=O) groups excluding carboxylic acids is 3. The third-order valence-electron chi connectivity index (χ3n) is 5.01. The van der Waals surface area contributed by atoms with Gasteiger partial charge in [0.25, 0.3) is 17.7 Å². The predicted molar refractivity (Wildman–Crippen MR) is 131 cm³/mol. The van der Waals surface area contributed by atoms with E-state index in [0.717, 1.165) is 5.56 Å². The van der Waals surface area contributed by atoms with E-state index in [1.165, 1.54) is 48.6 Å². The zero-order chi connectivity index (χ0) is 24.7. The molecule has 0 heterocycles. The summed E-state index contributed by atoms with van der Waals surface area (Å²) in [6.07, 6.45) is 2.72. The van der Waals surface area contributed by atoms with Crippen molar-refractivity contribution in [3.63, 3.8) is 0 Å². The molecule has 0 aliphatic rings. The van der Waals surface area contributed by atoms with Gasteiger partial charge in [-0.3, -0.25) is 25.2 Å². The Morgan fingerprint density at radius 2 is 1.29 bits per heavy atom. The first-order chi connectivity index (χ1) is 16.1. The molecule has 174 valence electrons. The largest absolute Gasteiger partial charge is 0.322 e. The lowest BCUT2D eigenvalue weighted by Gasteiger charge is -2.19. The molecule has 3 amide bonds. The molecule has 3 rings (SSSR count). The molecule has 6 nitrogen and oxygen atoms in total. The Hall–Kier alpha value is -4.26. The smallest absolute Gasteiger partial charge is 0.269 e. The molecule has 0 saturated heterocycles. The maximum absolute atomic E-state index is 12.9. The number of anilines is 1. The van der Waals surface area contributed by atoms with Gasteiger partial charge in [-0.2, -0.15) is 0 Å². The van der Waals surface area contributed by atoms with Gasteiger partial charge in [-0.25, -0.2) is 4.39 Å². The van der Waals surface area contributed by atoms with Crippen LogP contribution in [0.15, 0.2) is 78.9 Å². The van der Waals surface area contributed by atoms with E-state index in [1.807, 2.05) is 12.1 Å². The van der Waals surface area contributed by atoms with Gasteiger partial charge in [0.1, 0.15) is 5.82 Å². The lowest BCUT2D eigenvalue weighted by molar-refractivity contribution is -0.117. The Bertz CT molecular complexity index is 1190. The molecule has 3 aromatic rings.